The maximum atomic E-state index is 12.6. The van der Waals surface area contributed by atoms with Crippen molar-refractivity contribution in [3.05, 3.63) is 28.6 Å². The van der Waals surface area contributed by atoms with Gasteiger partial charge in [0.05, 0.1) is 12.5 Å². The van der Waals surface area contributed by atoms with E-state index in [1.807, 2.05) is 6.07 Å². The zero-order chi connectivity index (χ0) is 11.4. The smallest absolute Gasteiger partial charge is 0.280 e. The summed E-state index contributed by atoms with van der Waals surface area (Å²) in [5.41, 5.74) is 6.76. The van der Waals surface area contributed by atoms with E-state index in [0.29, 0.717) is 16.7 Å². The van der Waals surface area contributed by atoms with Gasteiger partial charge in [0.1, 0.15) is 5.69 Å². The third kappa shape index (κ3) is 2.28. The highest BCUT2D eigenvalue weighted by Crippen LogP contribution is 2.25. The van der Waals surface area contributed by atoms with Crippen molar-refractivity contribution in [2.75, 3.05) is 0 Å². The number of halogens is 2. The molecule has 0 radical (unpaired) electrons. The second-order valence-corrected chi connectivity index (χ2v) is 3.11. The van der Waals surface area contributed by atoms with Crippen molar-refractivity contribution in [3.63, 3.8) is 0 Å². The second kappa shape index (κ2) is 4.80. The molecule has 15 heavy (non-hydrogen) atoms. The molecule has 0 atom stereocenters. The number of hydrogen-bond acceptors (Lipinski definition) is 3. The van der Waals surface area contributed by atoms with Gasteiger partial charge in [-0.2, -0.15) is 5.26 Å². The fourth-order valence-corrected chi connectivity index (χ4v) is 1.40. The zero-order valence-electron chi connectivity index (χ0n) is 8.30. The number of nitrogens with zero attached hydrogens (tertiary/aromatic N) is 2. The lowest BCUT2D eigenvalue weighted by atomic mass is 10.0. The van der Waals surface area contributed by atoms with Gasteiger partial charge in [-0.3, -0.25) is 4.98 Å². The van der Waals surface area contributed by atoms with Gasteiger partial charge >= 0.3 is 0 Å². The lowest BCUT2D eigenvalue weighted by Crippen LogP contribution is -2.07. The molecule has 1 rings (SSSR count). The summed E-state index contributed by atoms with van der Waals surface area (Å²) in [6.07, 6.45) is -1.37. The molecule has 1 aromatic rings. The van der Waals surface area contributed by atoms with Crippen molar-refractivity contribution in [2.24, 2.45) is 5.73 Å². The third-order valence-electron chi connectivity index (χ3n) is 2.29. The minimum absolute atomic E-state index is 0.0631. The maximum Gasteiger partial charge on any atom is 0.280 e. The Balaban J connectivity index is 3.32. The lowest BCUT2D eigenvalue weighted by molar-refractivity contribution is 0.145. The molecular weight excluding hydrogens is 200 g/mol. The monoisotopic (exact) mass is 211 g/mol. The molecule has 0 aliphatic carbocycles. The van der Waals surface area contributed by atoms with Crippen LogP contribution in [0, 0.1) is 18.3 Å². The van der Waals surface area contributed by atoms with E-state index in [1.54, 1.807) is 6.92 Å². The SMILES string of the molecule is Cc1c(CN)cnc(C(F)F)c1CC#N. The maximum absolute atomic E-state index is 12.6. The number of aromatic nitrogens is 1. The predicted molar refractivity (Wildman–Crippen MR) is 51.1 cm³/mol. The molecule has 0 aromatic carbocycles. The standard InChI is InChI=1S/C10H11F2N3/c1-6-7(4-14)5-15-9(10(11)12)8(6)2-3-13/h5,10H,2,4,14H2,1H3. The van der Waals surface area contributed by atoms with Gasteiger partial charge < -0.3 is 5.73 Å². The van der Waals surface area contributed by atoms with E-state index in [0.717, 1.165) is 0 Å². The molecule has 0 aliphatic rings. The van der Waals surface area contributed by atoms with Gasteiger partial charge in [0.25, 0.3) is 6.43 Å². The summed E-state index contributed by atoms with van der Waals surface area (Å²) in [6, 6.07) is 1.86. The van der Waals surface area contributed by atoms with Gasteiger partial charge in [0.2, 0.25) is 0 Å². The summed E-state index contributed by atoms with van der Waals surface area (Å²) in [5.74, 6) is 0. The first-order valence-corrected chi connectivity index (χ1v) is 4.44. The molecule has 0 fully saturated rings. The van der Waals surface area contributed by atoms with Crippen LogP contribution in [0.5, 0.6) is 0 Å². The van der Waals surface area contributed by atoms with Crippen LogP contribution in [0.15, 0.2) is 6.20 Å². The Morgan fingerprint density at radius 3 is 2.73 bits per heavy atom. The molecule has 0 amide bonds. The average molecular weight is 211 g/mol. The number of rotatable bonds is 3. The van der Waals surface area contributed by atoms with Crippen LogP contribution < -0.4 is 5.73 Å². The lowest BCUT2D eigenvalue weighted by Gasteiger charge is -2.11. The number of hydrogen-bond donors (Lipinski definition) is 1. The highest BCUT2D eigenvalue weighted by Gasteiger charge is 2.17. The minimum Gasteiger partial charge on any atom is -0.326 e. The first-order valence-electron chi connectivity index (χ1n) is 4.44. The molecule has 1 aromatic heterocycles. The van der Waals surface area contributed by atoms with Crippen molar-refractivity contribution < 1.29 is 8.78 Å². The Morgan fingerprint density at radius 2 is 2.27 bits per heavy atom. The Bertz CT molecular complexity index is 396. The first-order chi connectivity index (χ1) is 7.11. The molecular formula is C10H11F2N3. The predicted octanol–water partition coefficient (Wildman–Crippen LogP) is 1.85. The molecule has 1 heterocycles. The highest BCUT2D eigenvalue weighted by atomic mass is 19.3. The van der Waals surface area contributed by atoms with Crippen LogP contribution in [0.3, 0.4) is 0 Å². The van der Waals surface area contributed by atoms with Crippen LogP contribution in [0.4, 0.5) is 8.78 Å². The molecule has 0 saturated heterocycles. The van der Waals surface area contributed by atoms with E-state index < -0.39 is 6.43 Å². The highest BCUT2D eigenvalue weighted by molar-refractivity contribution is 5.37. The molecule has 0 saturated carbocycles. The van der Waals surface area contributed by atoms with Gasteiger partial charge in [-0.1, -0.05) is 0 Å². The van der Waals surface area contributed by atoms with Gasteiger partial charge in [-0.05, 0) is 23.6 Å². The number of nitriles is 1. The van der Waals surface area contributed by atoms with Crippen molar-refractivity contribution in [3.8, 4) is 6.07 Å². The fourth-order valence-electron chi connectivity index (χ4n) is 1.40. The Hall–Kier alpha value is -1.54. The summed E-state index contributed by atoms with van der Waals surface area (Å²) < 4.78 is 25.1. The molecule has 0 unspecified atom stereocenters. The molecule has 0 aliphatic heterocycles. The summed E-state index contributed by atoms with van der Waals surface area (Å²) >= 11 is 0. The van der Waals surface area contributed by atoms with Crippen LogP contribution >= 0.6 is 0 Å². The van der Waals surface area contributed by atoms with E-state index in [9.17, 15) is 8.78 Å². The third-order valence-corrected chi connectivity index (χ3v) is 2.29. The molecule has 2 N–H and O–H groups in total. The average Bonchev–Trinajstić information content (AvgIpc) is 2.20. The van der Waals surface area contributed by atoms with Crippen molar-refractivity contribution in [1.82, 2.24) is 4.98 Å². The van der Waals surface area contributed by atoms with E-state index in [-0.39, 0.29) is 18.7 Å². The topological polar surface area (TPSA) is 62.7 Å². The van der Waals surface area contributed by atoms with E-state index in [2.05, 4.69) is 4.98 Å². The Morgan fingerprint density at radius 1 is 1.60 bits per heavy atom. The largest absolute Gasteiger partial charge is 0.326 e. The quantitative estimate of drug-likeness (QED) is 0.829. The first kappa shape index (κ1) is 11.5. The van der Waals surface area contributed by atoms with Crippen LogP contribution in [0.2, 0.25) is 0 Å². The normalized spacial score (nSPS) is 10.4. The second-order valence-electron chi connectivity index (χ2n) is 3.11. The van der Waals surface area contributed by atoms with Crippen LogP contribution in [-0.4, -0.2) is 4.98 Å². The van der Waals surface area contributed by atoms with Gasteiger partial charge in [0, 0.05) is 12.7 Å². The molecule has 80 valence electrons. The fraction of sp³-hybridized carbons (Fsp3) is 0.400. The Labute approximate surface area is 86.5 Å². The summed E-state index contributed by atoms with van der Waals surface area (Å²) in [5, 5.41) is 8.56. The van der Waals surface area contributed by atoms with E-state index in [1.165, 1.54) is 6.20 Å². The molecule has 3 nitrogen and oxygen atoms in total. The number of nitrogens with two attached hydrogens (primary N) is 1. The van der Waals surface area contributed by atoms with Gasteiger partial charge in [0.15, 0.2) is 0 Å². The van der Waals surface area contributed by atoms with E-state index in [4.69, 9.17) is 11.0 Å². The van der Waals surface area contributed by atoms with Crippen molar-refractivity contribution >= 4 is 0 Å². The van der Waals surface area contributed by atoms with Crippen LogP contribution in [0.25, 0.3) is 0 Å². The van der Waals surface area contributed by atoms with Crippen molar-refractivity contribution in [2.45, 2.75) is 26.3 Å². The van der Waals surface area contributed by atoms with E-state index >= 15 is 0 Å². The molecule has 0 bridgehead atoms. The van der Waals surface area contributed by atoms with Gasteiger partial charge in [-0.25, -0.2) is 8.78 Å². The van der Waals surface area contributed by atoms with Crippen molar-refractivity contribution in [1.29, 1.82) is 5.26 Å². The Kier molecular flexibility index (Phi) is 3.69. The zero-order valence-corrected chi connectivity index (χ0v) is 8.30. The van der Waals surface area contributed by atoms with Crippen LogP contribution in [0.1, 0.15) is 28.8 Å². The van der Waals surface area contributed by atoms with Gasteiger partial charge in [-0.15, -0.1) is 0 Å². The molecule has 5 heteroatoms. The number of pyridine rings is 1. The summed E-state index contributed by atoms with van der Waals surface area (Å²) in [7, 11) is 0. The number of alkyl halides is 2. The summed E-state index contributed by atoms with van der Waals surface area (Å²) in [6.45, 7) is 1.92. The van der Waals surface area contributed by atoms with Crippen LogP contribution in [-0.2, 0) is 13.0 Å². The molecule has 0 spiro atoms. The summed E-state index contributed by atoms with van der Waals surface area (Å²) in [4.78, 5) is 3.65. The minimum atomic E-state index is -2.65.